The fourth-order valence-corrected chi connectivity index (χ4v) is 4.10. The highest BCUT2D eigenvalue weighted by atomic mass is 35.5. The molecule has 194 valence electrons. The summed E-state index contributed by atoms with van der Waals surface area (Å²) < 4.78 is 8.45. The molecule has 0 radical (unpaired) electrons. The van der Waals surface area contributed by atoms with Crippen molar-refractivity contribution in [2.45, 2.75) is 0 Å². The number of aryl methyl sites for hydroxylation is 1. The fourth-order valence-electron chi connectivity index (χ4n) is 3.93. The second kappa shape index (κ2) is 10.4. The van der Waals surface area contributed by atoms with Crippen LogP contribution in [0.1, 0.15) is 0 Å². The summed E-state index contributed by atoms with van der Waals surface area (Å²) in [7, 11) is 8.80. The highest BCUT2D eigenvalue weighted by molar-refractivity contribution is 6.31. The molecule has 0 unspecified atom stereocenters. The highest BCUT2D eigenvalue weighted by Crippen LogP contribution is 2.38. The zero-order valence-corrected chi connectivity index (χ0v) is 21.9. The number of aromatic nitrogens is 4. The zero-order chi connectivity index (χ0) is 26.9. The van der Waals surface area contributed by atoms with Crippen molar-refractivity contribution >= 4 is 45.6 Å². The van der Waals surface area contributed by atoms with Crippen LogP contribution in [0.3, 0.4) is 0 Å². The number of methoxy groups -OCH3 is 1. The van der Waals surface area contributed by atoms with Gasteiger partial charge < -0.3 is 19.9 Å². The van der Waals surface area contributed by atoms with Gasteiger partial charge in [-0.1, -0.05) is 11.6 Å². The molecule has 0 amide bonds. The van der Waals surface area contributed by atoms with Crippen molar-refractivity contribution in [3.63, 3.8) is 0 Å². The van der Waals surface area contributed by atoms with Crippen molar-refractivity contribution in [1.82, 2.24) is 24.0 Å². The highest BCUT2D eigenvalue weighted by Gasteiger charge is 2.23. The van der Waals surface area contributed by atoms with Crippen molar-refractivity contribution in [1.29, 1.82) is 0 Å². The number of benzene rings is 2. The maximum Gasteiger partial charge on any atom is 0.334 e. The summed E-state index contributed by atoms with van der Waals surface area (Å²) in [5.74, 6) is 0.837. The molecular weight excluding hydrogens is 500 g/mol. The molecule has 0 aliphatic carbocycles. The predicted molar refractivity (Wildman–Crippen MR) is 144 cm³/mol. The van der Waals surface area contributed by atoms with E-state index in [1.54, 1.807) is 49.3 Å². The van der Waals surface area contributed by atoms with Crippen molar-refractivity contribution in [3.05, 3.63) is 68.2 Å². The van der Waals surface area contributed by atoms with Crippen molar-refractivity contribution in [2.75, 3.05) is 51.6 Å². The summed E-state index contributed by atoms with van der Waals surface area (Å²) >= 11 is 6.11. The maximum atomic E-state index is 13.0. The molecule has 0 aliphatic rings. The Hall–Kier alpha value is -4.16. The van der Waals surface area contributed by atoms with Gasteiger partial charge in [0.1, 0.15) is 17.3 Å². The molecule has 0 bridgehead atoms. The molecular formula is C24H27ClN8O4. The van der Waals surface area contributed by atoms with E-state index in [0.717, 1.165) is 6.54 Å². The lowest BCUT2D eigenvalue weighted by Gasteiger charge is -2.22. The second-order valence-electron chi connectivity index (χ2n) is 8.70. The molecule has 37 heavy (non-hydrogen) atoms. The van der Waals surface area contributed by atoms with E-state index in [2.05, 4.69) is 15.3 Å². The van der Waals surface area contributed by atoms with Gasteiger partial charge in [-0.15, -0.1) is 0 Å². The first-order chi connectivity index (χ1) is 17.6. The van der Waals surface area contributed by atoms with E-state index in [4.69, 9.17) is 16.3 Å². The number of fused-ring (bicyclic) bond motifs is 1. The van der Waals surface area contributed by atoms with Crippen LogP contribution in [0, 0.1) is 10.1 Å². The summed E-state index contributed by atoms with van der Waals surface area (Å²) in [6, 6.07) is 9.74. The quantitative estimate of drug-likeness (QED) is 0.258. The van der Waals surface area contributed by atoms with Gasteiger partial charge in [0.15, 0.2) is 0 Å². The Kier molecular flexibility index (Phi) is 7.32. The van der Waals surface area contributed by atoms with Gasteiger partial charge in [-0.2, -0.15) is 4.98 Å². The average molecular weight is 527 g/mol. The molecule has 0 saturated carbocycles. The third kappa shape index (κ3) is 5.20. The van der Waals surface area contributed by atoms with E-state index in [0.29, 0.717) is 45.5 Å². The van der Waals surface area contributed by atoms with E-state index >= 15 is 0 Å². The maximum absolute atomic E-state index is 13.0. The Balaban J connectivity index is 1.74. The molecule has 0 atom stereocenters. The van der Waals surface area contributed by atoms with Crippen LogP contribution in [0.5, 0.6) is 5.75 Å². The third-order valence-electron chi connectivity index (χ3n) is 5.92. The van der Waals surface area contributed by atoms with Gasteiger partial charge in [0, 0.05) is 56.6 Å². The number of rotatable bonds is 9. The standard InChI is InChI=1S/C24H27ClN8O4/c1-29(2)10-11-30(3)18-14-21(37-5)16(13-20(18)33(35)36)27-23-26-9-8-22(28-23)32-17-7-6-15(25)12-19(17)31(4)24(32)34/h6-9,12-14H,10-11H2,1-5H3,(H,26,27,28). The smallest absolute Gasteiger partial charge is 0.334 e. The molecule has 0 aliphatic heterocycles. The van der Waals surface area contributed by atoms with Crippen molar-refractivity contribution in [3.8, 4) is 11.6 Å². The number of nitrogens with one attached hydrogen (secondary N) is 1. The average Bonchev–Trinajstić information content (AvgIpc) is 3.11. The molecule has 2 aromatic carbocycles. The normalized spacial score (nSPS) is 11.2. The zero-order valence-electron chi connectivity index (χ0n) is 21.1. The van der Waals surface area contributed by atoms with Gasteiger partial charge in [0.25, 0.3) is 5.69 Å². The first-order valence-corrected chi connectivity index (χ1v) is 11.7. The number of hydrogen-bond donors (Lipinski definition) is 1. The number of nitro benzene ring substituents is 1. The molecule has 0 spiro atoms. The first-order valence-electron chi connectivity index (χ1n) is 11.3. The summed E-state index contributed by atoms with van der Waals surface area (Å²) in [5.41, 5.74) is 1.61. The van der Waals surface area contributed by atoms with Gasteiger partial charge in [0.2, 0.25) is 5.95 Å². The van der Waals surface area contributed by atoms with E-state index < -0.39 is 4.92 Å². The topological polar surface area (TPSA) is 124 Å². The van der Waals surface area contributed by atoms with E-state index in [-0.39, 0.29) is 17.3 Å². The summed E-state index contributed by atoms with van der Waals surface area (Å²) in [6.07, 6.45) is 1.50. The fraction of sp³-hybridized carbons (Fsp3) is 0.292. The second-order valence-corrected chi connectivity index (χ2v) is 9.13. The summed E-state index contributed by atoms with van der Waals surface area (Å²) in [6.45, 7) is 1.30. The molecule has 2 aromatic heterocycles. The van der Waals surface area contributed by atoms with Gasteiger partial charge >= 0.3 is 5.69 Å². The van der Waals surface area contributed by atoms with Gasteiger partial charge in [-0.05, 0) is 32.3 Å². The molecule has 2 heterocycles. The lowest BCUT2D eigenvalue weighted by atomic mass is 10.2. The van der Waals surface area contributed by atoms with Gasteiger partial charge in [-0.3, -0.25) is 14.7 Å². The molecule has 0 fully saturated rings. The molecule has 13 heteroatoms. The van der Waals surface area contributed by atoms with Crippen LogP contribution < -0.4 is 20.6 Å². The number of anilines is 3. The molecule has 1 N–H and O–H groups in total. The van der Waals surface area contributed by atoms with Crippen LogP contribution in [0.2, 0.25) is 5.02 Å². The Morgan fingerprint density at radius 2 is 1.89 bits per heavy atom. The predicted octanol–water partition coefficient (Wildman–Crippen LogP) is 3.43. The van der Waals surface area contributed by atoms with Crippen LogP contribution in [0.15, 0.2) is 47.4 Å². The number of hydrogen-bond acceptors (Lipinski definition) is 9. The molecule has 4 aromatic rings. The lowest BCUT2D eigenvalue weighted by molar-refractivity contribution is -0.384. The first kappa shape index (κ1) is 25.9. The number of halogens is 1. The Bertz CT molecular complexity index is 1530. The molecule has 12 nitrogen and oxygen atoms in total. The van der Waals surface area contributed by atoms with E-state index in [9.17, 15) is 14.9 Å². The minimum absolute atomic E-state index is 0.0946. The number of nitrogens with zero attached hydrogens (tertiary/aromatic N) is 7. The van der Waals surface area contributed by atoms with Crippen LogP contribution in [-0.2, 0) is 7.05 Å². The summed E-state index contributed by atoms with van der Waals surface area (Å²) in [4.78, 5) is 37.0. The van der Waals surface area contributed by atoms with Crippen molar-refractivity contribution < 1.29 is 9.66 Å². The number of nitro groups is 1. The Labute approximate surface area is 217 Å². The van der Waals surface area contributed by atoms with Crippen LogP contribution in [-0.4, -0.2) is 70.3 Å². The summed E-state index contributed by atoms with van der Waals surface area (Å²) in [5, 5.41) is 15.4. The van der Waals surface area contributed by atoms with Gasteiger partial charge in [0.05, 0.1) is 28.8 Å². The van der Waals surface area contributed by atoms with Crippen LogP contribution >= 0.6 is 11.6 Å². The Morgan fingerprint density at radius 3 is 2.57 bits per heavy atom. The SMILES string of the molecule is COc1cc(N(C)CCN(C)C)c([N+](=O)[O-])cc1Nc1nccc(-n2c(=O)n(C)c3cc(Cl)ccc32)n1. The Morgan fingerprint density at radius 1 is 1.14 bits per heavy atom. The molecule has 4 rings (SSSR count). The largest absolute Gasteiger partial charge is 0.494 e. The van der Waals surface area contributed by atoms with Gasteiger partial charge in [-0.25, -0.2) is 14.3 Å². The number of imidazole rings is 1. The van der Waals surface area contributed by atoms with Crippen molar-refractivity contribution in [2.24, 2.45) is 7.05 Å². The van der Waals surface area contributed by atoms with Crippen LogP contribution in [0.4, 0.5) is 23.0 Å². The monoisotopic (exact) mass is 526 g/mol. The van der Waals surface area contributed by atoms with Crippen LogP contribution in [0.25, 0.3) is 16.9 Å². The van der Waals surface area contributed by atoms with E-state index in [1.165, 1.54) is 28.5 Å². The third-order valence-corrected chi connectivity index (χ3v) is 6.16. The molecule has 0 saturated heterocycles. The number of ether oxygens (including phenoxy) is 1. The minimum atomic E-state index is -0.440. The lowest BCUT2D eigenvalue weighted by Crippen LogP contribution is -2.29. The number of likely N-dealkylation sites (N-methyl/N-ethyl adjacent to an activating group) is 2. The minimum Gasteiger partial charge on any atom is -0.494 e. The van der Waals surface area contributed by atoms with E-state index in [1.807, 2.05) is 19.0 Å².